The van der Waals surface area contributed by atoms with E-state index < -0.39 is 5.82 Å². The quantitative estimate of drug-likeness (QED) is 0.440. The molecule has 0 radical (unpaired) electrons. The fourth-order valence-corrected chi connectivity index (χ4v) is 4.48. The largest absolute Gasteiger partial charge is 0.423 e. The fourth-order valence-electron chi connectivity index (χ4n) is 4.48. The van der Waals surface area contributed by atoms with Crippen LogP contribution in [0.1, 0.15) is 37.8 Å². The predicted molar refractivity (Wildman–Crippen MR) is 121 cm³/mol. The zero-order chi connectivity index (χ0) is 21.4. The number of nitrogens with one attached hydrogen (secondary N) is 1. The molecule has 4 nitrogen and oxygen atoms in total. The molecule has 1 heterocycles. The Morgan fingerprint density at radius 2 is 1.90 bits per heavy atom. The highest BCUT2D eigenvalue weighted by atomic mass is 19.1. The van der Waals surface area contributed by atoms with Gasteiger partial charge in [-0.1, -0.05) is 42.5 Å². The van der Waals surface area contributed by atoms with Crippen molar-refractivity contribution in [2.45, 2.75) is 38.3 Å². The third kappa shape index (κ3) is 4.28. The van der Waals surface area contributed by atoms with Crippen molar-refractivity contribution in [3.05, 3.63) is 72.0 Å². The van der Waals surface area contributed by atoms with E-state index in [0.29, 0.717) is 6.04 Å². The van der Waals surface area contributed by atoms with Crippen LogP contribution in [0.4, 0.5) is 10.1 Å². The average molecular weight is 419 g/mol. The highest BCUT2D eigenvalue weighted by molar-refractivity contribution is 5.86. The number of carbonyl (C=O) groups excluding carboxylic acids is 1. The lowest BCUT2D eigenvalue weighted by Crippen LogP contribution is -2.34. The molecular weight excluding hydrogens is 391 g/mol. The molecule has 0 spiro atoms. The zero-order valence-corrected chi connectivity index (χ0v) is 17.7. The minimum absolute atomic E-state index is 0.0370. The van der Waals surface area contributed by atoms with E-state index in [-0.39, 0.29) is 23.7 Å². The molecule has 1 saturated heterocycles. The molecule has 5 heteroatoms. The van der Waals surface area contributed by atoms with Crippen molar-refractivity contribution in [3.63, 3.8) is 0 Å². The summed E-state index contributed by atoms with van der Waals surface area (Å²) in [4.78, 5) is 14.2. The Morgan fingerprint density at radius 3 is 2.74 bits per heavy atom. The number of esters is 1. The van der Waals surface area contributed by atoms with Crippen LogP contribution in [-0.4, -0.2) is 25.1 Å². The summed E-state index contributed by atoms with van der Waals surface area (Å²) in [6.45, 7) is 3.91. The van der Waals surface area contributed by atoms with Crippen molar-refractivity contribution in [2.24, 2.45) is 5.92 Å². The van der Waals surface area contributed by atoms with Crippen LogP contribution in [-0.2, 0) is 4.79 Å². The molecular formula is C26H27FN2O2. The van der Waals surface area contributed by atoms with Gasteiger partial charge in [0.05, 0.1) is 5.92 Å². The minimum Gasteiger partial charge on any atom is -0.423 e. The Balaban J connectivity index is 1.26. The number of carbonyl (C=O) groups is 1. The summed E-state index contributed by atoms with van der Waals surface area (Å²) in [5.41, 5.74) is 2.19. The van der Waals surface area contributed by atoms with Crippen LogP contribution in [0.2, 0.25) is 0 Å². The maximum absolute atomic E-state index is 14.2. The number of anilines is 1. The van der Waals surface area contributed by atoms with E-state index in [0.717, 1.165) is 38.0 Å². The molecule has 0 amide bonds. The predicted octanol–water partition coefficient (Wildman–Crippen LogP) is 5.22. The van der Waals surface area contributed by atoms with Crippen LogP contribution in [0.5, 0.6) is 5.75 Å². The Hall–Kier alpha value is -2.92. The summed E-state index contributed by atoms with van der Waals surface area (Å²) in [5, 5.41) is 6.30. The van der Waals surface area contributed by atoms with Gasteiger partial charge in [-0.05, 0) is 54.7 Å². The molecule has 1 N–H and O–H groups in total. The van der Waals surface area contributed by atoms with E-state index in [1.54, 1.807) is 12.1 Å². The molecule has 2 atom stereocenters. The molecule has 1 aliphatic heterocycles. The Kier molecular flexibility index (Phi) is 5.36. The second kappa shape index (κ2) is 8.31. The second-order valence-electron chi connectivity index (χ2n) is 8.70. The molecule has 1 saturated carbocycles. The number of ether oxygens (including phenoxy) is 1. The van der Waals surface area contributed by atoms with Crippen LogP contribution >= 0.6 is 0 Å². The Bertz CT molecular complexity index is 1110. The first-order chi connectivity index (χ1) is 15.1. The lowest BCUT2D eigenvalue weighted by atomic mass is 9.99. The van der Waals surface area contributed by atoms with Crippen LogP contribution in [0.15, 0.2) is 60.7 Å². The number of hydrogen-bond donors (Lipinski definition) is 1. The molecule has 5 rings (SSSR count). The average Bonchev–Trinajstić information content (AvgIpc) is 3.54. The molecule has 0 unspecified atom stereocenters. The van der Waals surface area contributed by atoms with Crippen molar-refractivity contribution in [1.82, 2.24) is 5.32 Å². The first-order valence-corrected chi connectivity index (χ1v) is 11.1. The molecule has 3 aromatic rings. The lowest BCUT2D eigenvalue weighted by Gasteiger charge is -2.23. The molecule has 3 aromatic carbocycles. The number of fused-ring (bicyclic) bond motifs is 1. The third-order valence-corrected chi connectivity index (χ3v) is 6.36. The normalized spacial score (nSPS) is 19.5. The standard InChI is InChI=1S/C26H27FN2O2/c1-17(22-8-4-6-18-5-2-3-7-23(18)22)28-20-13-14-29(16-20)21-11-12-24(27)25(15-21)31-26(30)19-9-10-19/h2-8,11-12,15,17,19-20,28H,9-10,13-14,16H2,1H3/t17-,20+/m1/s1. The Labute approximate surface area is 182 Å². The lowest BCUT2D eigenvalue weighted by molar-refractivity contribution is -0.136. The topological polar surface area (TPSA) is 41.6 Å². The van der Waals surface area contributed by atoms with Crippen molar-refractivity contribution in [2.75, 3.05) is 18.0 Å². The van der Waals surface area contributed by atoms with Gasteiger partial charge in [-0.2, -0.15) is 0 Å². The molecule has 31 heavy (non-hydrogen) atoms. The summed E-state index contributed by atoms with van der Waals surface area (Å²) in [6, 6.07) is 20.3. The maximum atomic E-state index is 14.2. The van der Waals surface area contributed by atoms with Gasteiger partial charge in [0, 0.05) is 36.9 Å². The van der Waals surface area contributed by atoms with Crippen LogP contribution in [0.25, 0.3) is 10.8 Å². The van der Waals surface area contributed by atoms with E-state index in [4.69, 9.17) is 4.74 Å². The van der Waals surface area contributed by atoms with E-state index >= 15 is 0 Å². The molecule has 1 aliphatic carbocycles. The van der Waals surface area contributed by atoms with Gasteiger partial charge in [0.1, 0.15) is 0 Å². The van der Waals surface area contributed by atoms with Crippen LogP contribution in [0, 0.1) is 11.7 Å². The van der Waals surface area contributed by atoms with E-state index in [9.17, 15) is 9.18 Å². The van der Waals surface area contributed by atoms with Gasteiger partial charge in [0.2, 0.25) is 0 Å². The molecule has 2 aliphatic rings. The van der Waals surface area contributed by atoms with Gasteiger partial charge in [-0.15, -0.1) is 0 Å². The van der Waals surface area contributed by atoms with E-state index in [1.165, 1.54) is 22.4 Å². The molecule has 0 bridgehead atoms. The summed E-state index contributed by atoms with van der Waals surface area (Å²) in [5.74, 6) is -0.828. The smallest absolute Gasteiger partial charge is 0.314 e. The van der Waals surface area contributed by atoms with Crippen LogP contribution < -0.4 is 15.0 Å². The number of nitrogens with zero attached hydrogens (tertiary/aromatic N) is 1. The molecule has 0 aromatic heterocycles. The van der Waals surface area contributed by atoms with Gasteiger partial charge >= 0.3 is 5.97 Å². The number of rotatable bonds is 6. The summed E-state index contributed by atoms with van der Waals surface area (Å²) < 4.78 is 19.5. The second-order valence-corrected chi connectivity index (χ2v) is 8.70. The van der Waals surface area contributed by atoms with Crippen molar-refractivity contribution in [3.8, 4) is 5.75 Å². The number of halogens is 1. The SMILES string of the molecule is C[C@@H](N[C@H]1CCN(c2ccc(F)c(OC(=O)C3CC3)c2)C1)c1cccc2ccccc12. The Morgan fingerprint density at radius 1 is 1.10 bits per heavy atom. The molecule has 160 valence electrons. The van der Waals surface area contributed by atoms with Gasteiger partial charge < -0.3 is 15.0 Å². The minimum atomic E-state index is -0.490. The number of benzene rings is 3. The highest BCUT2D eigenvalue weighted by Gasteiger charge is 2.32. The monoisotopic (exact) mass is 418 g/mol. The van der Waals surface area contributed by atoms with Gasteiger partial charge in [0.25, 0.3) is 0 Å². The number of hydrogen-bond acceptors (Lipinski definition) is 4. The van der Waals surface area contributed by atoms with E-state index in [2.05, 4.69) is 59.6 Å². The first kappa shape index (κ1) is 20.0. The van der Waals surface area contributed by atoms with Gasteiger partial charge in [-0.3, -0.25) is 4.79 Å². The summed E-state index contributed by atoms with van der Waals surface area (Å²) in [6.07, 6.45) is 2.69. The van der Waals surface area contributed by atoms with Gasteiger partial charge in [-0.25, -0.2) is 4.39 Å². The maximum Gasteiger partial charge on any atom is 0.314 e. The fraction of sp³-hybridized carbons (Fsp3) is 0.346. The van der Waals surface area contributed by atoms with Crippen LogP contribution in [0.3, 0.4) is 0 Å². The van der Waals surface area contributed by atoms with Crippen molar-refractivity contribution >= 4 is 22.4 Å². The summed E-state index contributed by atoms with van der Waals surface area (Å²) >= 11 is 0. The first-order valence-electron chi connectivity index (χ1n) is 11.1. The summed E-state index contributed by atoms with van der Waals surface area (Å²) in [7, 11) is 0. The highest BCUT2D eigenvalue weighted by Crippen LogP contribution is 2.33. The third-order valence-electron chi connectivity index (χ3n) is 6.36. The van der Waals surface area contributed by atoms with Gasteiger partial charge in [0.15, 0.2) is 11.6 Å². The zero-order valence-electron chi connectivity index (χ0n) is 17.7. The van der Waals surface area contributed by atoms with Crippen molar-refractivity contribution < 1.29 is 13.9 Å². The molecule has 2 fully saturated rings. The van der Waals surface area contributed by atoms with Crippen molar-refractivity contribution in [1.29, 1.82) is 0 Å². The van der Waals surface area contributed by atoms with E-state index in [1.807, 2.05) is 0 Å².